The molecule has 0 fully saturated rings. The van der Waals surface area contributed by atoms with Crippen molar-refractivity contribution >= 4 is 101 Å². The number of furan rings is 2. The maximum absolute atomic E-state index is 7.26. The van der Waals surface area contributed by atoms with Crippen molar-refractivity contribution < 1.29 is 13.6 Å². The number of nitrogens with zero attached hydrogens (tertiary/aromatic N) is 2. The summed E-state index contributed by atoms with van der Waals surface area (Å²) in [5.74, 6) is 1.51. The van der Waals surface area contributed by atoms with Crippen LogP contribution in [-0.2, 0) is 0 Å². The van der Waals surface area contributed by atoms with Gasteiger partial charge in [-0.2, -0.15) is 0 Å². The molecule has 7 aromatic carbocycles. The number of benzene rings is 7. The van der Waals surface area contributed by atoms with Crippen LogP contribution in [0.1, 0.15) is 0 Å². The first kappa shape index (κ1) is 24.8. The van der Waals surface area contributed by atoms with Gasteiger partial charge in [-0.15, -0.1) is 0 Å². The van der Waals surface area contributed by atoms with Crippen LogP contribution in [0.25, 0.3) is 43.9 Å². The predicted octanol–water partition coefficient (Wildman–Crippen LogP) is 9.67. The number of hydrogen-bond donors (Lipinski definition) is 0. The molecule has 0 saturated heterocycles. The Morgan fingerprint density at radius 3 is 1.35 bits per heavy atom. The first-order valence-corrected chi connectivity index (χ1v) is 16.3. The van der Waals surface area contributed by atoms with Gasteiger partial charge in [0.2, 0.25) is 0 Å². The van der Waals surface area contributed by atoms with Crippen LogP contribution < -0.4 is 30.9 Å². The second-order valence-electron chi connectivity index (χ2n) is 12.8. The Morgan fingerprint density at radius 2 is 0.854 bits per heavy atom. The molecule has 0 bridgehead atoms. The number of anilines is 6. The molecule has 5 heterocycles. The SMILES string of the molecule is c1ccc(N2c3cccc4c3B3c5c2cc2c(oc6ccccc62)c5Oc2c3c(cc3c2oc2ccccc23)N4c2ccccc2)cc1. The molecule has 0 unspecified atom stereocenters. The van der Waals surface area contributed by atoms with E-state index < -0.39 is 0 Å². The monoisotopic (exact) mass is 614 g/mol. The van der Waals surface area contributed by atoms with Gasteiger partial charge in [0.05, 0.1) is 0 Å². The lowest BCUT2D eigenvalue weighted by atomic mass is 9.32. The van der Waals surface area contributed by atoms with Gasteiger partial charge in [-0.05, 0) is 66.1 Å². The van der Waals surface area contributed by atoms with Gasteiger partial charge < -0.3 is 23.4 Å². The summed E-state index contributed by atoms with van der Waals surface area (Å²) in [6, 6.07) is 49.1. The maximum atomic E-state index is 7.26. The van der Waals surface area contributed by atoms with Crippen molar-refractivity contribution in [2.75, 3.05) is 9.80 Å². The molecule has 2 aromatic heterocycles. The van der Waals surface area contributed by atoms with Crippen molar-refractivity contribution in [3.8, 4) is 11.5 Å². The third-order valence-corrected chi connectivity index (χ3v) is 10.4. The first-order valence-electron chi connectivity index (χ1n) is 16.3. The van der Waals surface area contributed by atoms with Crippen molar-refractivity contribution in [3.05, 3.63) is 140 Å². The van der Waals surface area contributed by atoms with Gasteiger partial charge >= 0.3 is 0 Å². The van der Waals surface area contributed by atoms with E-state index in [4.69, 9.17) is 13.6 Å². The Balaban J connectivity index is 1.30. The van der Waals surface area contributed by atoms with Crippen molar-refractivity contribution in [2.24, 2.45) is 0 Å². The molecule has 5 nitrogen and oxygen atoms in total. The number of fused-ring (bicyclic) bond motifs is 8. The summed E-state index contributed by atoms with van der Waals surface area (Å²) in [4.78, 5) is 4.80. The minimum absolute atomic E-state index is 0.102. The number of para-hydroxylation sites is 4. The molecule has 0 atom stereocenters. The number of hydrogen-bond acceptors (Lipinski definition) is 5. The molecule has 0 N–H and O–H groups in total. The Labute approximate surface area is 274 Å². The van der Waals surface area contributed by atoms with Gasteiger partial charge in [-0.25, -0.2) is 0 Å². The summed E-state index contributed by atoms with van der Waals surface area (Å²) >= 11 is 0. The molecule has 0 saturated carbocycles. The molecule has 48 heavy (non-hydrogen) atoms. The third-order valence-electron chi connectivity index (χ3n) is 10.4. The Kier molecular flexibility index (Phi) is 4.49. The van der Waals surface area contributed by atoms with Crippen molar-refractivity contribution in [1.82, 2.24) is 0 Å². The predicted molar refractivity (Wildman–Crippen MR) is 195 cm³/mol. The highest BCUT2D eigenvalue weighted by Crippen LogP contribution is 2.52. The first-order chi connectivity index (χ1) is 23.8. The number of ether oxygens (including phenoxy) is 1. The van der Waals surface area contributed by atoms with Crippen LogP contribution in [0.4, 0.5) is 34.1 Å². The van der Waals surface area contributed by atoms with Crippen LogP contribution in [0.5, 0.6) is 11.5 Å². The molecular weight excluding hydrogens is 591 g/mol. The molecule has 12 rings (SSSR count). The van der Waals surface area contributed by atoms with Crippen LogP contribution >= 0.6 is 0 Å². The quantitative estimate of drug-likeness (QED) is 0.182. The van der Waals surface area contributed by atoms with E-state index in [1.165, 1.54) is 5.46 Å². The molecule has 3 aliphatic rings. The van der Waals surface area contributed by atoms with E-state index in [0.29, 0.717) is 0 Å². The summed E-state index contributed by atoms with van der Waals surface area (Å²) in [6.07, 6.45) is 0. The van der Waals surface area contributed by atoms with E-state index in [-0.39, 0.29) is 6.71 Å². The average Bonchev–Trinajstić information content (AvgIpc) is 3.71. The van der Waals surface area contributed by atoms with E-state index in [1.54, 1.807) is 0 Å². The smallest absolute Gasteiger partial charge is 0.262 e. The fourth-order valence-electron chi connectivity index (χ4n) is 8.52. The number of rotatable bonds is 2. The zero-order valence-corrected chi connectivity index (χ0v) is 25.5. The molecule has 3 aliphatic heterocycles. The minimum Gasteiger partial charge on any atom is -0.452 e. The lowest BCUT2D eigenvalue weighted by molar-refractivity contribution is 0.475. The molecule has 0 amide bonds. The van der Waals surface area contributed by atoms with E-state index in [0.717, 1.165) is 100 Å². The van der Waals surface area contributed by atoms with E-state index in [9.17, 15) is 0 Å². The van der Waals surface area contributed by atoms with Gasteiger partial charge in [0, 0.05) is 66.6 Å². The fraction of sp³-hybridized carbons (Fsp3) is 0. The average molecular weight is 614 g/mol. The highest BCUT2D eigenvalue weighted by molar-refractivity contribution is 7.02. The third kappa shape index (κ3) is 2.94. The molecule has 0 radical (unpaired) electrons. The highest BCUT2D eigenvalue weighted by atomic mass is 16.5. The van der Waals surface area contributed by atoms with Crippen LogP contribution in [0.15, 0.2) is 148 Å². The van der Waals surface area contributed by atoms with E-state index in [1.807, 2.05) is 24.3 Å². The zero-order chi connectivity index (χ0) is 31.1. The molecule has 6 heteroatoms. The van der Waals surface area contributed by atoms with Crippen molar-refractivity contribution in [1.29, 1.82) is 0 Å². The van der Waals surface area contributed by atoms with Gasteiger partial charge in [0.25, 0.3) is 6.71 Å². The van der Waals surface area contributed by atoms with Crippen LogP contribution in [0.3, 0.4) is 0 Å². The van der Waals surface area contributed by atoms with E-state index >= 15 is 0 Å². The largest absolute Gasteiger partial charge is 0.452 e. The highest BCUT2D eigenvalue weighted by Gasteiger charge is 2.50. The summed E-state index contributed by atoms with van der Waals surface area (Å²) in [7, 11) is 0. The fourth-order valence-corrected chi connectivity index (χ4v) is 8.52. The van der Waals surface area contributed by atoms with E-state index in [2.05, 4.69) is 125 Å². The summed E-state index contributed by atoms with van der Waals surface area (Å²) < 4.78 is 20.6. The summed E-state index contributed by atoms with van der Waals surface area (Å²) in [5, 5.41) is 4.19. The normalized spacial score (nSPS) is 13.9. The second-order valence-corrected chi connectivity index (χ2v) is 12.8. The van der Waals surface area contributed by atoms with Gasteiger partial charge in [0.15, 0.2) is 22.7 Å². The molecule has 0 spiro atoms. The van der Waals surface area contributed by atoms with Crippen molar-refractivity contribution in [2.45, 2.75) is 0 Å². The van der Waals surface area contributed by atoms with Crippen molar-refractivity contribution in [3.63, 3.8) is 0 Å². The standard InChI is InChI=1S/C42H23BN2O3/c1-3-12-24(13-4-1)44-30-18-11-19-31-36(30)43-37-32(44)22-28-26-16-7-9-20-34(26)46-39(28)41(37)48-42-38(43)33(45(31)25-14-5-2-6-15-25)23-29-27-17-8-10-21-35(27)47-40(29)42/h1-23H. The second kappa shape index (κ2) is 8.69. The Bertz CT molecular complexity index is 2650. The van der Waals surface area contributed by atoms with Gasteiger partial charge in [-0.3, -0.25) is 0 Å². The minimum atomic E-state index is -0.102. The van der Waals surface area contributed by atoms with Crippen LogP contribution in [-0.4, -0.2) is 6.71 Å². The van der Waals surface area contributed by atoms with Gasteiger partial charge in [0.1, 0.15) is 11.2 Å². The Hall–Kier alpha value is -6.40. The molecular formula is C42H23BN2O3. The Morgan fingerprint density at radius 1 is 0.396 bits per heavy atom. The van der Waals surface area contributed by atoms with Crippen LogP contribution in [0, 0.1) is 0 Å². The summed E-state index contributed by atoms with van der Waals surface area (Å²) in [6.45, 7) is -0.102. The lowest BCUT2D eigenvalue weighted by Crippen LogP contribution is -2.63. The topological polar surface area (TPSA) is 42.0 Å². The summed E-state index contributed by atoms with van der Waals surface area (Å²) in [5.41, 5.74) is 13.3. The lowest BCUT2D eigenvalue weighted by Gasteiger charge is -2.46. The zero-order valence-electron chi connectivity index (χ0n) is 25.5. The molecule has 222 valence electrons. The molecule has 0 aliphatic carbocycles. The van der Waals surface area contributed by atoms with Crippen LogP contribution in [0.2, 0.25) is 0 Å². The van der Waals surface area contributed by atoms with Gasteiger partial charge in [-0.1, -0.05) is 78.9 Å². The molecule has 9 aromatic rings. The maximum Gasteiger partial charge on any atom is 0.262 e.